The smallest absolute Gasteiger partial charge is 0.209 e. The molecule has 0 atom stereocenters. The van der Waals surface area contributed by atoms with E-state index in [0.29, 0.717) is 12.5 Å². The summed E-state index contributed by atoms with van der Waals surface area (Å²) in [4.78, 5) is 4.40. The van der Waals surface area contributed by atoms with Crippen molar-refractivity contribution in [2.75, 3.05) is 37.9 Å². The number of nitrogens with zero attached hydrogens (tertiary/aromatic N) is 1. The molecule has 0 aromatic heterocycles. The van der Waals surface area contributed by atoms with Gasteiger partial charge in [-0.05, 0) is 27.0 Å². The maximum atomic E-state index is 11.2. The molecule has 0 unspecified atom stereocenters. The lowest BCUT2D eigenvalue weighted by atomic mass is 10.1. The first-order chi connectivity index (χ1) is 8.70. The summed E-state index contributed by atoms with van der Waals surface area (Å²) in [6.45, 7) is 7.57. The van der Waals surface area contributed by atoms with Gasteiger partial charge in [0.2, 0.25) is 10.0 Å². The van der Waals surface area contributed by atoms with Crippen LogP contribution in [0, 0.1) is 0 Å². The van der Waals surface area contributed by atoms with E-state index < -0.39 is 15.6 Å². The average Bonchev–Trinajstić information content (AvgIpc) is 2.23. The first kappa shape index (κ1) is 18.5. The van der Waals surface area contributed by atoms with Crippen LogP contribution < -0.4 is 15.4 Å². The van der Waals surface area contributed by atoms with E-state index in [1.54, 1.807) is 11.8 Å². The van der Waals surface area contributed by atoms with Crippen LogP contribution in [-0.2, 0) is 10.0 Å². The summed E-state index contributed by atoms with van der Waals surface area (Å²) in [6.07, 6.45) is 3.20. The Morgan fingerprint density at radius 2 is 1.95 bits per heavy atom. The molecule has 0 aliphatic heterocycles. The molecule has 0 aliphatic carbocycles. The van der Waals surface area contributed by atoms with Crippen LogP contribution in [0.1, 0.15) is 20.8 Å². The third-order valence-corrected chi connectivity index (χ3v) is 3.57. The highest BCUT2D eigenvalue weighted by molar-refractivity contribution is 7.98. The number of thioether (sulfide) groups is 1. The van der Waals surface area contributed by atoms with Crippen LogP contribution in [0.25, 0.3) is 0 Å². The van der Waals surface area contributed by atoms with Gasteiger partial charge in [0, 0.05) is 24.4 Å². The predicted octanol–water partition coefficient (Wildman–Crippen LogP) is 0.232. The Balaban J connectivity index is 4.49. The first-order valence-corrected chi connectivity index (χ1v) is 9.49. The van der Waals surface area contributed by atoms with Gasteiger partial charge in [0.05, 0.1) is 12.8 Å². The van der Waals surface area contributed by atoms with Crippen molar-refractivity contribution in [1.82, 2.24) is 15.4 Å². The fraction of sp³-hybridized carbons (Fsp3) is 0.909. The molecule has 3 N–H and O–H groups in total. The normalized spacial score (nSPS) is 13.4. The van der Waals surface area contributed by atoms with Gasteiger partial charge in [0.1, 0.15) is 0 Å². The Labute approximate surface area is 121 Å². The maximum absolute atomic E-state index is 11.2. The van der Waals surface area contributed by atoms with Crippen molar-refractivity contribution in [3.8, 4) is 0 Å². The number of sulfonamides is 1. The SMILES string of the molecule is CCNC(=NCC(C)(C)NS(C)(=O)=O)NCCSC. The first-order valence-electron chi connectivity index (χ1n) is 6.20. The van der Waals surface area contributed by atoms with Gasteiger partial charge in [-0.25, -0.2) is 13.1 Å². The lowest BCUT2D eigenvalue weighted by Gasteiger charge is -2.23. The zero-order chi connectivity index (χ0) is 14.9. The Morgan fingerprint density at radius 1 is 1.32 bits per heavy atom. The highest BCUT2D eigenvalue weighted by atomic mass is 32.2. The Bertz CT molecular complexity index is 380. The Hall–Kier alpha value is -0.470. The maximum Gasteiger partial charge on any atom is 0.209 e. The second kappa shape index (κ2) is 8.65. The van der Waals surface area contributed by atoms with Crippen LogP contribution in [0.3, 0.4) is 0 Å². The minimum atomic E-state index is -3.23. The number of aliphatic imine (C=N–C) groups is 1. The molecule has 0 rings (SSSR count). The number of guanidine groups is 1. The van der Waals surface area contributed by atoms with Crippen LogP contribution in [-0.4, -0.2) is 57.8 Å². The zero-order valence-electron chi connectivity index (χ0n) is 12.4. The van der Waals surface area contributed by atoms with Gasteiger partial charge in [-0.15, -0.1) is 0 Å². The standard InChI is InChI=1S/C11H26N4O2S2/c1-6-12-10(13-7-8-18-4)14-9-11(2,3)15-19(5,16)17/h15H,6-9H2,1-5H3,(H2,12,13,14). The topological polar surface area (TPSA) is 82.6 Å². The number of nitrogens with one attached hydrogen (secondary N) is 3. The molecular formula is C11H26N4O2S2. The lowest BCUT2D eigenvalue weighted by molar-refractivity contribution is 0.464. The van der Waals surface area contributed by atoms with Gasteiger partial charge in [-0.1, -0.05) is 0 Å². The molecule has 0 bridgehead atoms. The molecule has 0 saturated heterocycles. The summed E-state index contributed by atoms with van der Waals surface area (Å²) in [5.74, 6) is 1.70. The van der Waals surface area contributed by atoms with Crippen molar-refractivity contribution in [2.45, 2.75) is 26.3 Å². The molecule has 0 saturated carbocycles. The zero-order valence-corrected chi connectivity index (χ0v) is 14.0. The van der Waals surface area contributed by atoms with Gasteiger partial charge < -0.3 is 10.6 Å². The fourth-order valence-electron chi connectivity index (χ4n) is 1.42. The predicted molar refractivity (Wildman–Crippen MR) is 84.4 cm³/mol. The summed E-state index contributed by atoms with van der Waals surface area (Å²) >= 11 is 1.76. The molecule has 0 heterocycles. The molecule has 0 amide bonds. The van der Waals surface area contributed by atoms with Gasteiger partial charge in [-0.2, -0.15) is 11.8 Å². The molecule has 0 radical (unpaired) electrons. The lowest BCUT2D eigenvalue weighted by Crippen LogP contribution is -2.47. The summed E-state index contributed by atoms with van der Waals surface area (Å²) in [7, 11) is -3.23. The van der Waals surface area contributed by atoms with Gasteiger partial charge >= 0.3 is 0 Å². The Kier molecular flexibility index (Phi) is 8.44. The van der Waals surface area contributed by atoms with Crippen molar-refractivity contribution in [1.29, 1.82) is 0 Å². The highest BCUT2D eigenvalue weighted by Crippen LogP contribution is 2.04. The van der Waals surface area contributed by atoms with Crippen molar-refractivity contribution in [3.05, 3.63) is 0 Å². The van der Waals surface area contributed by atoms with E-state index in [-0.39, 0.29) is 0 Å². The van der Waals surface area contributed by atoms with E-state index in [0.717, 1.165) is 25.1 Å². The van der Waals surface area contributed by atoms with E-state index in [1.165, 1.54) is 0 Å². The van der Waals surface area contributed by atoms with Crippen LogP contribution in [0.5, 0.6) is 0 Å². The molecule has 0 spiro atoms. The summed E-state index contributed by atoms with van der Waals surface area (Å²) in [5, 5.41) is 6.33. The van der Waals surface area contributed by atoms with Crippen molar-refractivity contribution in [3.63, 3.8) is 0 Å². The van der Waals surface area contributed by atoms with Gasteiger partial charge in [0.25, 0.3) is 0 Å². The summed E-state index contributed by atoms with van der Waals surface area (Å²) in [6, 6.07) is 0. The van der Waals surface area contributed by atoms with Crippen molar-refractivity contribution in [2.24, 2.45) is 4.99 Å². The molecule has 0 aromatic rings. The van der Waals surface area contributed by atoms with Gasteiger partial charge in [0.15, 0.2) is 5.96 Å². The monoisotopic (exact) mass is 310 g/mol. The molecule has 114 valence electrons. The van der Waals surface area contributed by atoms with E-state index in [2.05, 4.69) is 20.3 Å². The fourth-order valence-corrected chi connectivity index (χ4v) is 2.80. The van der Waals surface area contributed by atoms with Crippen LogP contribution in [0.2, 0.25) is 0 Å². The molecular weight excluding hydrogens is 284 g/mol. The summed E-state index contributed by atoms with van der Waals surface area (Å²) < 4.78 is 25.0. The molecule has 8 heteroatoms. The van der Waals surface area contributed by atoms with Crippen LogP contribution in [0.4, 0.5) is 0 Å². The van der Waals surface area contributed by atoms with Crippen molar-refractivity contribution >= 4 is 27.7 Å². The number of rotatable bonds is 8. The largest absolute Gasteiger partial charge is 0.357 e. The molecule has 0 fully saturated rings. The minimum Gasteiger partial charge on any atom is -0.357 e. The van der Waals surface area contributed by atoms with Crippen LogP contribution in [0.15, 0.2) is 4.99 Å². The number of hydrogen-bond acceptors (Lipinski definition) is 4. The van der Waals surface area contributed by atoms with E-state index in [9.17, 15) is 8.42 Å². The van der Waals surface area contributed by atoms with E-state index in [4.69, 9.17) is 0 Å². The molecule has 0 aromatic carbocycles. The summed E-state index contributed by atoms with van der Waals surface area (Å²) in [5.41, 5.74) is -0.602. The molecule has 6 nitrogen and oxygen atoms in total. The molecule has 0 aliphatic rings. The quantitative estimate of drug-likeness (QED) is 0.340. The van der Waals surface area contributed by atoms with Crippen LogP contribution >= 0.6 is 11.8 Å². The third-order valence-electron chi connectivity index (χ3n) is 2.04. The third kappa shape index (κ3) is 11.1. The molecule has 19 heavy (non-hydrogen) atoms. The van der Waals surface area contributed by atoms with E-state index in [1.807, 2.05) is 27.0 Å². The Morgan fingerprint density at radius 3 is 2.42 bits per heavy atom. The van der Waals surface area contributed by atoms with E-state index >= 15 is 0 Å². The minimum absolute atomic E-state index is 0.370. The second-order valence-electron chi connectivity index (χ2n) is 4.87. The highest BCUT2D eigenvalue weighted by Gasteiger charge is 2.21. The van der Waals surface area contributed by atoms with Gasteiger partial charge in [-0.3, -0.25) is 4.99 Å². The second-order valence-corrected chi connectivity index (χ2v) is 7.61. The average molecular weight is 310 g/mol. The number of hydrogen-bond donors (Lipinski definition) is 3. The van der Waals surface area contributed by atoms with Crippen molar-refractivity contribution < 1.29 is 8.42 Å².